The third kappa shape index (κ3) is 3.82. The lowest BCUT2D eigenvalue weighted by atomic mass is 10.3. The van der Waals surface area contributed by atoms with Gasteiger partial charge in [0.2, 0.25) is 10.0 Å². The van der Waals surface area contributed by atoms with E-state index in [1.165, 1.54) is 16.4 Å². The van der Waals surface area contributed by atoms with E-state index >= 15 is 0 Å². The van der Waals surface area contributed by atoms with Crippen LogP contribution in [0, 0.1) is 0 Å². The van der Waals surface area contributed by atoms with E-state index in [9.17, 15) is 8.42 Å². The van der Waals surface area contributed by atoms with Crippen molar-refractivity contribution in [1.29, 1.82) is 0 Å². The molecule has 0 atom stereocenters. The molecule has 0 aromatic heterocycles. The molecule has 0 aliphatic heterocycles. The van der Waals surface area contributed by atoms with Crippen LogP contribution in [0.2, 0.25) is 5.02 Å². The van der Waals surface area contributed by atoms with Crippen LogP contribution >= 0.6 is 27.5 Å². The van der Waals surface area contributed by atoms with Gasteiger partial charge in [-0.15, -0.1) is 6.58 Å². The van der Waals surface area contributed by atoms with Crippen LogP contribution in [0.25, 0.3) is 0 Å². The van der Waals surface area contributed by atoms with Gasteiger partial charge < -0.3 is 0 Å². The van der Waals surface area contributed by atoms with E-state index in [4.69, 9.17) is 11.6 Å². The Kier molecular flexibility index (Phi) is 5.85. The highest BCUT2D eigenvalue weighted by Gasteiger charge is 2.20. The highest BCUT2D eigenvalue weighted by atomic mass is 79.9. The summed E-state index contributed by atoms with van der Waals surface area (Å²) in [5.74, 6) is 0. The van der Waals surface area contributed by atoms with Crippen molar-refractivity contribution in [3.05, 3.63) is 40.3 Å². The van der Waals surface area contributed by atoms with Crippen molar-refractivity contribution in [2.75, 3.05) is 13.6 Å². The number of allylic oxidation sites excluding steroid dienone is 1. The van der Waals surface area contributed by atoms with Gasteiger partial charge in [0.1, 0.15) is 0 Å². The maximum Gasteiger partial charge on any atom is 0.242 e. The second-order valence-electron chi connectivity index (χ2n) is 3.83. The Morgan fingerprint density at radius 2 is 2.17 bits per heavy atom. The summed E-state index contributed by atoms with van der Waals surface area (Å²) < 4.78 is 26.4. The number of sulfonamides is 1. The minimum atomic E-state index is -3.45. The maximum atomic E-state index is 12.2. The SMILES string of the molecule is C=CCCCN(C)S(=O)(=O)c1ccc(Cl)c(Br)c1. The van der Waals surface area contributed by atoms with E-state index in [1.54, 1.807) is 19.2 Å². The van der Waals surface area contributed by atoms with Gasteiger partial charge in [0.25, 0.3) is 0 Å². The number of halogens is 2. The average Bonchev–Trinajstić information content (AvgIpc) is 2.32. The minimum absolute atomic E-state index is 0.236. The van der Waals surface area contributed by atoms with Crippen molar-refractivity contribution in [2.45, 2.75) is 17.7 Å². The van der Waals surface area contributed by atoms with Crippen LogP contribution in [0.15, 0.2) is 40.2 Å². The van der Waals surface area contributed by atoms with Gasteiger partial charge in [-0.2, -0.15) is 0 Å². The predicted molar refractivity (Wildman–Crippen MR) is 78.4 cm³/mol. The Bertz CT molecular complexity index is 531. The standard InChI is InChI=1S/C12H15BrClNO2S/c1-3-4-5-8-15(2)18(16,17)10-6-7-12(14)11(13)9-10/h3,6-7,9H,1,4-5,8H2,2H3. The van der Waals surface area contributed by atoms with Crippen molar-refractivity contribution in [3.63, 3.8) is 0 Å². The molecule has 0 radical (unpaired) electrons. The first-order chi connectivity index (χ1) is 8.39. The topological polar surface area (TPSA) is 37.4 Å². The van der Waals surface area contributed by atoms with Crippen molar-refractivity contribution < 1.29 is 8.42 Å². The van der Waals surface area contributed by atoms with E-state index in [-0.39, 0.29) is 4.90 Å². The van der Waals surface area contributed by atoms with Gasteiger partial charge in [0.15, 0.2) is 0 Å². The molecule has 0 aliphatic rings. The molecule has 0 aliphatic carbocycles. The molecule has 1 aromatic rings. The van der Waals surface area contributed by atoms with E-state index in [1.807, 2.05) is 0 Å². The Hall–Kier alpha value is -0.360. The smallest absolute Gasteiger partial charge is 0.207 e. The van der Waals surface area contributed by atoms with Gasteiger partial charge in [-0.1, -0.05) is 17.7 Å². The largest absolute Gasteiger partial charge is 0.242 e. The fourth-order valence-electron chi connectivity index (χ4n) is 1.40. The molecule has 6 heteroatoms. The molecule has 1 aromatic carbocycles. The molecule has 0 heterocycles. The molecule has 1 rings (SSSR count). The second kappa shape index (κ2) is 6.70. The van der Waals surface area contributed by atoms with Crippen molar-refractivity contribution in [3.8, 4) is 0 Å². The Balaban J connectivity index is 2.91. The van der Waals surface area contributed by atoms with Crippen LogP contribution in [-0.2, 0) is 10.0 Å². The third-order valence-corrected chi connectivity index (χ3v) is 5.55. The molecular formula is C12H15BrClNO2S. The number of unbranched alkanes of at least 4 members (excludes halogenated alkanes) is 1. The zero-order valence-corrected chi connectivity index (χ0v) is 13.2. The van der Waals surface area contributed by atoms with Crippen LogP contribution < -0.4 is 0 Å². The fourth-order valence-corrected chi connectivity index (χ4v) is 3.28. The molecule has 0 amide bonds. The van der Waals surface area contributed by atoms with Crippen LogP contribution in [0.3, 0.4) is 0 Å². The van der Waals surface area contributed by atoms with Crippen LogP contribution in [0.1, 0.15) is 12.8 Å². The summed E-state index contributed by atoms with van der Waals surface area (Å²) in [7, 11) is -1.88. The lowest BCUT2D eigenvalue weighted by molar-refractivity contribution is 0.463. The van der Waals surface area contributed by atoms with Crippen molar-refractivity contribution in [1.82, 2.24) is 4.31 Å². The van der Waals surface area contributed by atoms with E-state index in [0.29, 0.717) is 16.0 Å². The molecule has 0 N–H and O–H groups in total. The second-order valence-corrected chi connectivity index (χ2v) is 7.14. The molecule has 0 spiro atoms. The van der Waals surface area contributed by atoms with Crippen LogP contribution in [-0.4, -0.2) is 26.3 Å². The molecular weight excluding hydrogens is 338 g/mol. The number of nitrogens with zero attached hydrogens (tertiary/aromatic N) is 1. The van der Waals surface area contributed by atoms with Gasteiger partial charge in [0.05, 0.1) is 9.92 Å². The molecule has 0 unspecified atom stereocenters. The lowest BCUT2D eigenvalue weighted by Crippen LogP contribution is -2.27. The van der Waals surface area contributed by atoms with Crippen LogP contribution in [0.4, 0.5) is 0 Å². The lowest BCUT2D eigenvalue weighted by Gasteiger charge is -2.17. The first-order valence-electron chi connectivity index (χ1n) is 5.42. The zero-order chi connectivity index (χ0) is 13.8. The third-order valence-electron chi connectivity index (χ3n) is 2.48. The molecule has 100 valence electrons. The van der Waals surface area contributed by atoms with Crippen molar-refractivity contribution >= 4 is 37.6 Å². The highest BCUT2D eigenvalue weighted by molar-refractivity contribution is 9.10. The summed E-state index contributed by atoms with van der Waals surface area (Å²) in [4.78, 5) is 0.236. The average molecular weight is 353 g/mol. The number of benzene rings is 1. The molecule has 0 fully saturated rings. The van der Waals surface area contributed by atoms with E-state index < -0.39 is 10.0 Å². The van der Waals surface area contributed by atoms with Gasteiger partial charge in [-0.05, 0) is 47.0 Å². The summed E-state index contributed by atoms with van der Waals surface area (Å²) >= 11 is 9.07. The molecule has 0 saturated carbocycles. The molecule has 0 saturated heterocycles. The van der Waals surface area contributed by atoms with E-state index in [0.717, 1.165) is 12.8 Å². The maximum absolute atomic E-state index is 12.2. The quantitative estimate of drug-likeness (QED) is 0.578. The van der Waals surface area contributed by atoms with Gasteiger partial charge in [0, 0.05) is 18.1 Å². The monoisotopic (exact) mass is 351 g/mol. The summed E-state index contributed by atoms with van der Waals surface area (Å²) in [5.41, 5.74) is 0. The Morgan fingerprint density at radius 3 is 2.72 bits per heavy atom. The first-order valence-corrected chi connectivity index (χ1v) is 8.03. The minimum Gasteiger partial charge on any atom is -0.207 e. The highest BCUT2D eigenvalue weighted by Crippen LogP contribution is 2.26. The van der Waals surface area contributed by atoms with Crippen molar-refractivity contribution in [2.24, 2.45) is 0 Å². The normalized spacial score (nSPS) is 11.8. The summed E-state index contributed by atoms with van der Waals surface area (Å²) in [6, 6.07) is 4.59. The molecule has 18 heavy (non-hydrogen) atoms. The first kappa shape index (κ1) is 15.7. The Morgan fingerprint density at radius 1 is 1.50 bits per heavy atom. The number of hydrogen-bond acceptors (Lipinski definition) is 2. The Labute approximate surface area is 122 Å². The van der Waals surface area contributed by atoms with Gasteiger partial charge in [-0.3, -0.25) is 0 Å². The molecule has 0 bridgehead atoms. The number of rotatable bonds is 6. The predicted octanol–water partition coefficient (Wildman–Crippen LogP) is 3.69. The summed E-state index contributed by atoms with van der Waals surface area (Å²) in [6.07, 6.45) is 3.33. The number of hydrogen-bond donors (Lipinski definition) is 0. The van der Waals surface area contributed by atoms with E-state index in [2.05, 4.69) is 22.5 Å². The fraction of sp³-hybridized carbons (Fsp3) is 0.333. The van der Waals surface area contributed by atoms with Gasteiger partial charge >= 0.3 is 0 Å². The summed E-state index contributed by atoms with van der Waals surface area (Å²) in [6.45, 7) is 4.08. The summed E-state index contributed by atoms with van der Waals surface area (Å²) in [5, 5.41) is 0.489. The molecule has 3 nitrogen and oxygen atoms in total. The zero-order valence-electron chi connectivity index (χ0n) is 10.1. The van der Waals surface area contributed by atoms with Gasteiger partial charge in [-0.25, -0.2) is 12.7 Å². The van der Waals surface area contributed by atoms with Crippen LogP contribution in [0.5, 0.6) is 0 Å².